The first kappa shape index (κ1) is 16.0. The number of aromatic nitrogens is 3. The predicted octanol–water partition coefficient (Wildman–Crippen LogP) is 2.22. The first-order valence-electron chi connectivity index (χ1n) is 8.17. The lowest BCUT2D eigenvalue weighted by Gasteiger charge is -2.33. The van der Waals surface area contributed by atoms with Crippen LogP contribution in [-0.2, 0) is 4.79 Å². The lowest BCUT2D eigenvalue weighted by Crippen LogP contribution is -2.45. The molecule has 0 unspecified atom stereocenters. The Morgan fingerprint density at radius 3 is 3.25 bits per heavy atom. The minimum atomic E-state index is -0.180. The monoisotopic (exact) mass is 324 g/mol. The van der Waals surface area contributed by atoms with Crippen LogP contribution in [0.4, 0.5) is 5.82 Å². The summed E-state index contributed by atoms with van der Waals surface area (Å²) in [5, 5.41) is 13.5. The molecular weight excluding hydrogens is 304 g/mol. The summed E-state index contributed by atoms with van der Waals surface area (Å²) in [6.07, 6.45) is 7.57. The van der Waals surface area contributed by atoms with Gasteiger partial charge in [-0.15, -0.1) is 0 Å². The lowest BCUT2D eigenvalue weighted by molar-refractivity contribution is -0.127. The second-order valence-corrected chi connectivity index (χ2v) is 5.83. The molecule has 1 saturated heterocycles. The molecule has 1 aliphatic heterocycles. The number of aromatic amines is 1. The second-order valence-electron chi connectivity index (χ2n) is 5.83. The Kier molecular flexibility index (Phi) is 4.75. The molecular formula is C17H20N6O. The SMILES string of the molecule is CC/C=C(/C#N)C(=O)N1CCC[C@@H](Nc2ncnc3[nH]ccc23)C1. The molecule has 0 aliphatic carbocycles. The van der Waals surface area contributed by atoms with Gasteiger partial charge in [0.25, 0.3) is 5.91 Å². The van der Waals surface area contributed by atoms with Crippen LogP contribution in [0.5, 0.6) is 0 Å². The van der Waals surface area contributed by atoms with Crippen molar-refractivity contribution < 1.29 is 4.79 Å². The molecule has 1 aliphatic rings. The zero-order chi connectivity index (χ0) is 16.9. The van der Waals surface area contributed by atoms with Gasteiger partial charge >= 0.3 is 0 Å². The Morgan fingerprint density at radius 2 is 2.46 bits per heavy atom. The highest BCUT2D eigenvalue weighted by Gasteiger charge is 2.26. The molecule has 1 atom stereocenters. The number of likely N-dealkylation sites (tertiary alicyclic amines) is 1. The number of nitrogens with one attached hydrogen (secondary N) is 2. The summed E-state index contributed by atoms with van der Waals surface area (Å²) in [7, 11) is 0. The van der Waals surface area contributed by atoms with Gasteiger partial charge in [-0.2, -0.15) is 5.26 Å². The zero-order valence-electron chi connectivity index (χ0n) is 13.6. The Bertz CT molecular complexity index is 803. The number of anilines is 1. The van der Waals surface area contributed by atoms with Crippen molar-refractivity contribution >= 4 is 22.8 Å². The number of H-pyrrole nitrogens is 1. The number of rotatable bonds is 4. The molecule has 2 aromatic rings. The molecule has 0 spiro atoms. The van der Waals surface area contributed by atoms with Crippen LogP contribution in [0.1, 0.15) is 26.2 Å². The highest BCUT2D eigenvalue weighted by molar-refractivity contribution is 5.97. The highest BCUT2D eigenvalue weighted by Crippen LogP contribution is 2.21. The molecule has 2 N–H and O–H groups in total. The first-order chi connectivity index (χ1) is 11.7. The third-order valence-corrected chi connectivity index (χ3v) is 4.16. The highest BCUT2D eigenvalue weighted by atomic mass is 16.2. The van der Waals surface area contributed by atoms with E-state index in [1.54, 1.807) is 11.0 Å². The maximum absolute atomic E-state index is 12.5. The Morgan fingerprint density at radius 1 is 1.58 bits per heavy atom. The first-order valence-corrected chi connectivity index (χ1v) is 8.17. The van der Waals surface area contributed by atoms with Gasteiger partial charge in [0, 0.05) is 25.3 Å². The Hall–Kier alpha value is -2.88. The van der Waals surface area contributed by atoms with Gasteiger partial charge in [-0.25, -0.2) is 9.97 Å². The quantitative estimate of drug-likeness (QED) is 0.664. The van der Waals surface area contributed by atoms with Gasteiger partial charge in [0.15, 0.2) is 0 Å². The van der Waals surface area contributed by atoms with Crippen LogP contribution in [0, 0.1) is 11.3 Å². The second kappa shape index (κ2) is 7.13. The summed E-state index contributed by atoms with van der Waals surface area (Å²) in [5.74, 6) is 0.588. The average molecular weight is 324 g/mol. The summed E-state index contributed by atoms with van der Waals surface area (Å²) in [6, 6.07) is 4.05. The topological polar surface area (TPSA) is 97.7 Å². The number of nitrogens with zero attached hydrogens (tertiary/aromatic N) is 4. The number of fused-ring (bicyclic) bond motifs is 1. The van der Waals surface area contributed by atoms with Crippen molar-refractivity contribution in [3.8, 4) is 6.07 Å². The fraction of sp³-hybridized carbons (Fsp3) is 0.412. The molecule has 7 heteroatoms. The van der Waals surface area contributed by atoms with E-state index < -0.39 is 0 Å². The number of nitriles is 1. The van der Waals surface area contributed by atoms with E-state index in [4.69, 9.17) is 5.26 Å². The minimum Gasteiger partial charge on any atom is -0.365 e. The van der Waals surface area contributed by atoms with E-state index in [0.29, 0.717) is 19.5 Å². The summed E-state index contributed by atoms with van der Waals surface area (Å²) in [6.45, 7) is 3.17. The van der Waals surface area contributed by atoms with E-state index >= 15 is 0 Å². The number of carbonyl (C=O) groups excluding carboxylic acids is 1. The zero-order valence-corrected chi connectivity index (χ0v) is 13.6. The fourth-order valence-corrected chi connectivity index (χ4v) is 3.02. The number of amides is 1. The van der Waals surface area contributed by atoms with E-state index in [-0.39, 0.29) is 17.5 Å². The number of hydrogen-bond donors (Lipinski definition) is 2. The number of carbonyl (C=O) groups is 1. The average Bonchev–Trinajstić information content (AvgIpc) is 3.09. The number of piperidine rings is 1. The molecule has 0 bridgehead atoms. The van der Waals surface area contributed by atoms with Crippen molar-refractivity contribution in [3.05, 3.63) is 30.2 Å². The van der Waals surface area contributed by atoms with Crippen LogP contribution in [0.3, 0.4) is 0 Å². The van der Waals surface area contributed by atoms with Crippen molar-refractivity contribution in [1.29, 1.82) is 5.26 Å². The molecule has 124 valence electrons. The Balaban J connectivity index is 1.72. The smallest absolute Gasteiger partial charge is 0.264 e. The standard InChI is InChI=1S/C17H20N6O/c1-2-4-12(9-18)17(24)23-8-3-5-13(10-23)22-16-14-6-7-19-15(14)20-11-21-16/h4,6-7,11,13H,2-3,5,8,10H2,1H3,(H2,19,20,21,22)/b12-4-/t13-/m1/s1. The third kappa shape index (κ3) is 3.23. The molecule has 3 rings (SSSR count). The van der Waals surface area contributed by atoms with Crippen molar-refractivity contribution in [2.45, 2.75) is 32.2 Å². The van der Waals surface area contributed by atoms with Crippen LogP contribution < -0.4 is 5.32 Å². The molecule has 24 heavy (non-hydrogen) atoms. The van der Waals surface area contributed by atoms with Gasteiger partial charge in [-0.05, 0) is 25.3 Å². The van der Waals surface area contributed by atoms with Gasteiger partial charge in [-0.3, -0.25) is 4.79 Å². The van der Waals surface area contributed by atoms with Gasteiger partial charge in [0.05, 0.1) is 5.39 Å². The normalized spacial score (nSPS) is 18.4. The largest absolute Gasteiger partial charge is 0.365 e. The number of hydrogen-bond acceptors (Lipinski definition) is 5. The summed E-state index contributed by atoms with van der Waals surface area (Å²) in [4.78, 5) is 25.8. The van der Waals surface area contributed by atoms with E-state index in [1.165, 1.54) is 6.33 Å². The van der Waals surface area contributed by atoms with Crippen LogP contribution in [0.2, 0.25) is 0 Å². The van der Waals surface area contributed by atoms with Gasteiger partial charge in [-0.1, -0.05) is 13.0 Å². The summed E-state index contributed by atoms with van der Waals surface area (Å²) in [5.41, 5.74) is 1.02. The van der Waals surface area contributed by atoms with E-state index in [1.807, 2.05) is 25.3 Å². The molecule has 0 aromatic carbocycles. The predicted molar refractivity (Wildman–Crippen MR) is 91.1 cm³/mol. The van der Waals surface area contributed by atoms with E-state index in [9.17, 15) is 4.79 Å². The van der Waals surface area contributed by atoms with Crippen molar-refractivity contribution in [3.63, 3.8) is 0 Å². The third-order valence-electron chi connectivity index (χ3n) is 4.16. The molecule has 0 radical (unpaired) electrons. The maximum atomic E-state index is 12.5. The van der Waals surface area contributed by atoms with E-state index in [0.717, 1.165) is 29.7 Å². The molecule has 2 aromatic heterocycles. The van der Waals surface area contributed by atoms with Gasteiger partial charge in [0.1, 0.15) is 29.4 Å². The van der Waals surface area contributed by atoms with Crippen LogP contribution >= 0.6 is 0 Å². The van der Waals surface area contributed by atoms with Crippen molar-refractivity contribution in [2.75, 3.05) is 18.4 Å². The van der Waals surface area contributed by atoms with Gasteiger partial charge < -0.3 is 15.2 Å². The minimum absolute atomic E-state index is 0.109. The summed E-state index contributed by atoms with van der Waals surface area (Å²) < 4.78 is 0. The molecule has 0 saturated carbocycles. The van der Waals surface area contributed by atoms with E-state index in [2.05, 4.69) is 20.3 Å². The molecule has 7 nitrogen and oxygen atoms in total. The maximum Gasteiger partial charge on any atom is 0.264 e. The van der Waals surface area contributed by atoms with Crippen LogP contribution in [0.15, 0.2) is 30.2 Å². The van der Waals surface area contributed by atoms with Crippen LogP contribution in [-0.4, -0.2) is 44.9 Å². The molecule has 3 heterocycles. The molecule has 1 amide bonds. The molecule has 1 fully saturated rings. The van der Waals surface area contributed by atoms with Gasteiger partial charge in [0.2, 0.25) is 0 Å². The van der Waals surface area contributed by atoms with Crippen molar-refractivity contribution in [2.24, 2.45) is 0 Å². The number of allylic oxidation sites excluding steroid dienone is 1. The van der Waals surface area contributed by atoms with Crippen LogP contribution in [0.25, 0.3) is 11.0 Å². The summed E-state index contributed by atoms with van der Waals surface area (Å²) >= 11 is 0. The Labute approximate surface area is 140 Å². The van der Waals surface area contributed by atoms with Crippen molar-refractivity contribution in [1.82, 2.24) is 19.9 Å². The lowest BCUT2D eigenvalue weighted by atomic mass is 10.0. The fourth-order valence-electron chi connectivity index (χ4n) is 3.02.